The Bertz CT molecular complexity index is 1990. The Morgan fingerprint density at radius 2 is 1.51 bits per heavy atom. The predicted octanol–water partition coefficient (Wildman–Crippen LogP) is 4.38. The summed E-state index contributed by atoms with van der Waals surface area (Å²) in [6.45, 7) is 8.49. The molecule has 2 aromatic carbocycles. The van der Waals surface area contributed by atoms with E-state index in [0.717, 1.165) is 34.8 Å². The number of anilines is 1. The van der Waals surface area contributed by atoms with Gasteiger partial charge in [0.1, 0.15) is 5.82 Å². The summed E-state index contributed by atoms with van der Waals surface area (Å²) in [6, 6.07) is 9.32. The molecule has 11 heteroatoms. The van der Waals surface area contributed by atoms with Crippen molar-refractivity contribution < 1.29 is 0 Å². The molecular weight excluding hydrogens is 542 g/mol. The van der Waals surface area contributed by atoms with Crippen LogP contribution in [0, 0.1) is 6.92 Å². The number of hydrogen-bond acceptors (Lipinski definition) is 6. The normalized spacial score (nSPS) is 14.6. The zero-order valence-electron chi connectivity index (χ0n) is 23.9. The zero-order valence-corrected chi connectivity index (χ0v) is 24.6. The van der Waals surface area contributed by atoms with Crippen LogP contribution in [0.25, 0.3) is 32.8 Å². The molecule has 1 fully saturated rings. The molecule has 4 heterocycles. The minimum atomic E-state index is -0.298. The van der Waals surface area contributed by atoms with E-state index in [0.29, 0.717) is 61.3 Å². The summed E-state index contributed by atoms with van der Waals surface area (Å²) in [5, 5.41) is 1.52. The van der Waals surface area contributed by atoms with Crippen LogP contribution in [0.5, 0.6) is 0 Å². The monoisotopic (exact) mass is 575 g/mol. The second-order valence-electron chi connectivity index (χ2n) is 11.0. The number of hydrogen-bond donors (Lipinski definition) is 0. The van der Waals surface area contributed by atoms with Gasteiger partial charge in [-0.15, -0.1) is 0 Å². The smallest absolute Gasteiger partial charge is 0.331 e. The molecule has 41 heavy (non-hydrogen) atoms. The molecule has 1 aliphatic rings. The fourth-order valence-corrected chi connectivity index (χ4v) is 6.44. The first-order chi connectivity index (χ1) is 19.7. The second-order valence-corrected chi connectivity index (χ2v) is 11.4. The maximum atomic E-state index is 13.5. The van der Waals surface area contributed by atoms with Crippen molar-refractivity contribution in [2.45, 2.75) is 65.6 Å². The Labute approximate surface area is 241 Å². The number of rotatable bonds is 6. The number of fused-ring (bicyclic) bond motifs is 3. The molecule has 0 amide bonds. The van der Waals surface area contributed by atoms with E-state index in [1.807, 2.05) is 46.4 Å². The highest BCUT2D eigenvalue weighted by Gasteiger charge is 2.27. The third-order valence-electron chi connectivity index (χ3n) is 8.27. The van der Waals surface area contributed by atoms with Crippen molar-refractivity contribution in [3.05, 3.63) is 72.5 Å². The Kier molecular flexibility index (Phi) is 6.97. The van der Waals surface area contributed by atoms with Gasteiger partial charge in [0, 0.05) is 44.7 Å². The van der Waals surface area contributed by atoms with E-state index in [9.17, 15) is 14.4 Å². The molecule has 0 atom stereocenters. The van der Waals surface area contributed by atoms with Crippen molar-refractivity contribution in [3.8, 4) is 0 Å². The van der Waals surface area contributed by atoms with Gasteiger partial charge in [0.05, 0.1) is 27.5 Å². The van der Waals surface area contributed by atoms with Crippen LogP contribution in [-0.4, -0.2) is 41.3 Å². The van der Waals surface area contributed by atoms with Crippen LogP contribution in [0.3, 0.4) is 0 Å². The van der Waals surface area contributed by atoms with Gasteiger partial charge in [0.25, 0.3) is 5.56 Å². The summed E-state index contributed by atoms with van der Waals surface area (Å²) in [5.74, 6) is 0.702. The summed E-state index contributed by atoms with van der Waals surface area (Å²) in [4.78, 5) is 51.3. The van der Waals surface area contributed by atoms with Gasteiger partial charge >= 0.3 is 11.4 Å². The molecule has 0 bridgehead atoms. The van der Waals surface area contributed by atoms with E-state index in [2.05, 4.69) is 28.7 Å². The van der Waals surface area contributed by atoms with E-state index in [-0.39, 0.29) is 28.3 Å². The summed E-state index contributed by atoms with van der Waals surface area (Å²) in [5.41, 5.74) is 3.45. The van der Waals surface area contributed by atoms with Crippen molar-refractivity contribution >= 4 is 50.3 Å². The first kappa shape index (κ1) is 27.3. The highest BCUT2D eigenvalue weighted by atomic mass is 35.5. The Balaban J connectivity index is 1.40. The van der Waals surface area contributed by atoms with Gasteiger partial charge in [0.2, 0.25) is 5.28 Å². The van der Waals surface area contributed by atoms with Crippen LogP contribution in [0.4, 0.5) is 5.82 Å². The van der Waals surface area contributed by atoms with E-state index in [1.54, 1.807) is 11.6 Å². The van der Waals surface area contributed by atoms with Gasteiger partial charge in [-0.3, -0.25) is 23.1 Å². The van der Waals surface area contributed by atoms with Crippen molar-refractivity contribution in [1.29, 1.82) is 0 Å². The van der Waals surface area contributed by atoms with Crippen LogP contribution < -0.4 is 21.8 Å². The van der Waals surface area contributed by atoms with Gasteiger partial charge in [0.15, 0.2) is 0 Å². The molecule has 5 aromatic rings. The SMILES string of the molecule is CCCn1c(=O)n(CCC)c2cc3c(N4CCC(n5c(=O)c6cc(C)ccc6n(C)c5=O)CC4)nc(Cl)nc3cc21. The lowest BCUT2D eigenvalue weighted by Gasteiger charge is -2.34. The fourth-order valence-electron chi connectivity index (χ4n) is 6.27. The summed E-state index contributed by atoms with van der Waals surface area (Å²) < 4.78 is 6.63. The summed E-state index contributed by atoms with van der Waals surface area (Å²) >= 11 is 6.42. The van der Waals surface area contributed by atoms with Crippen LogP contribution in [-0.2, 0) is 20.1 Å². The third kappa shape index (κ3) is 4.45. The highest BCUT2D eigenvalue weighted by molar-refractivity contribution is 6.29. The third-order valence-corrected chi connectivity index (χ3v) is 8.44. The second kappa shape index (κ2) is 10.5. The standard InChI is InChI=1S/C30H34ClN7O3/c1-5-11-36-24-16-20-22(17-25(24)37(12-6-2)30(36)41)32-28(31)33-26(20)35-13-9-19(10-14-35)38-27(39)21-15-18(3)7-8-23(21)34(4)29(38)40/h7-8,15-17,19H,5-6,9-14H2,1-4H3. The molecule has 214 valence electrons. The molecule has 0 saturated carbocycles. The fraction of sp³-hybridized carbons (Fsp3) is 0.433. The Morgan fingerprint density at radius 1 is 0.854 bits per heavy atom. The molecule has 10 nitrogen and oxygen atoms in total. The minimum Gasteiger partial charge on any atom is -0.356 e. The lowest BCUT2D eigenvalue weighted by Crippen LogP contribution is -2.45. The lowest BCUT2D eigenvalue weighted by atomic mass is 10.0. The van der Waals surface area contributed by atoms with E-state index >= 15 is 0 Å². The largest absolute Gasteiger partial charge is 0.356 e. The van der Waals surface area contributed by atoms with E-state index in [1.165, 1.54) is 4.57 Å². The molecule has 0 unspecified atom stereocenters. The number of halogens is 1. The number of imidazole rings is 1. The first-order valence-electron chi connectivity index (χ1n) is 14.3. The van der Waals surface area contributed by atoms with E-state index < -0.39 is 0 Å². The summed E-state index contributed by atoms with van der Waals surface area (Å²) in [6.07, 6.45) is 2.89. The topological polar surface area (TPSA) is 100.0 Å². The molecule has 0 aliphatic carbocycles. The zero-order chi connectivity index (χ0) is 29.0. The maximum Gasteiger partial charge on any atom is 0.331 e. The van der Waals surface area contributed by atoms with E-state index in [4.69, 9.17) is 11.6 Å². The molecule has 0 N–H and O–H groups in total. The van der Waals surface area contributed by atoms with Crippen LogP contribution in [0.2, 0.25) is 5.28 Å². The molecule has 3 aromatic heterocycles. The van der Waals surface area contributed by atoms with Crippen molar-refractivity contribution in [1.82, 2.24) is 28.2 Å². The number of aromatic nitrogens is 6. The Morgan fingerprint density at radius 3 is 2.17 bits per heavy atom. The number of nitrogens with zero attached hydrogens (tertiary/aromatic N) is 7. The van der Waals surface area contributed by atoms with Crippen LogP contribution >= 0.6 is 11.6 Å². The van der Waals surface area contributed by atoms with Gasteiger partial charge in [-0.1, -0.05) is 25.5 Å². The van der Waals surface area contributed by atoms with Crippen molar-refractivity contribution in [3.63, 3.8) is 0 Å². The van der Waals surface area contributed by atoms with Gasteiger partial charge in [-0.2, -0.15) is 4.98 Å². The maximum absolute atomic E-state index is 13.5. The predicted molar refractivity (Wildman–Crippen MR) is 164 cm³/mol. The molecular formula is C30H34ClN7O3. The van der Waals surface area contributed by atoms with Crippen LogP contribution in [0.1, 0.15) is 51.1 Å². The van der Waals surface area contributed by atoms with Gasteiger partial charge in [-0.25, -0.2) is 14.6 Å². The number of piperidine rings is 1. The van der Waals surface area contributed by atoms with Crippen molar-refractivity contribution in [2.24, 2.45) is 7.05 Å². The number of aryl methyl sites for hydroxylation is 4. The molecule has 6 rings (SSSR count). The number of benzene rings is 2. The highest BCUT2D eigenvalue weighted by Crippen LogP contribution is 2.33. The average Bonchev–Trinajstić information content (AvgIpc) is 3.20. The summed E-state index contributed by atoms with van der Waals surface area (Å²) in [7, 11) is 1.72. The molecule has 0 radical (unpaired) electrons. The lowest BCUT2D eigenvalue weighted by molar-refractivity contribution is 0.371. The minimum absolute atomic E-state index is 0.0157. The molecule has 1 saturated heterocycles. The van der Waals surface area contributed by atoms with Gasteiger partial charge < -0.3 is 4.90 Å². The molecule has 1 aliphatic heterocycles. The van der Waals surface area contributed by atoms with Crippen LogP contribution in [0.15, 0.2) is 44.7 Å². The van der Waals surface area contributed by atoms with Crippen molar-refractivity contribution in [2.75, 3.05) is 18.0 Å². The van der Waals surface area contributed by atoms with Gasteiger partial charge in [-0.05, 0) is 68.5 Å². The Hall–Kier alpha value is -3.92. The quantitative estimate of drug-likeness (QED) is 0.279. The average molecular weight is 576 g/mol. The first-order valence-corrected chi connectivity index (χ1v) is 14.7. The molecule has 0 spiro atoms.